The molecule has 0 aromatic heterocycles. The molecule has 0 heterocycles. The van der Waals surface area contributed by atoms with Gasteiger partial charge in [0, 0.05) is 0 Å². The van der Waals surface area contributed by atoms with E-state index in [-0.39, 0.29) is 6.42 Å². The first-order valence-corrected chi connectivity index (χ1v) is 3.77. The van der Waals surface area contributed by atoms with Gasteiger partial charge in [-0.2, -0.15) is 0 Å². The summed E-state index contributed by atoms with van der Waals surface area (Å²) < 4.78 is 7.38. The Hall–Kier alpha value is -2.12. The Balaban J connectivity index is 4.47. The fraction of sp³-hybridized carbons (Fsp3) is 0.429. The molecule has 0 atom stereocenters. The van der Waals surface area contributed by atoms with E-state index in [0.29, 0.717) is 0 Å². The molecule has 0 saturated carbocycles. The van der Waals surface area contributed by atoms with E-state index in [2.05, 4.69) is 9.47 Å². The molecule has 0 radical (unpaired) electrons. The van der Waals surface area contributed by atoms with Crippen molar-refractivity contribution in [1.29, 1.82) is 0 Å². The normalized spacial score (nSPS) is 9.47. The van der Waals surface area contributed by atoms with Gasteiger partial charge in [-0.05, 0) is 6.42 Å². The molecule has 0 aliphatic heterocycles. The van der Waals surface area contributed by atoms with Gasteiger partial charge in [-0.25, -0.2) is 9.59 Å². The lowest BCUT2D eigenvalue weighted by Crippen LogP contribution is -2.29. The van der Waals surface area contributed by atoms with E-state index in [0.717, 1.165) is 0 Å². The molecule has 8 nitrogen and oxygen atoms in total. The number of carbonyl (C=O) groups is 4. The van der Waals surface area contributed by atoms with Crippen molar-refractivity contribution < 1.29 is 38.9 Å². The Morgan fingerprint density at radius 1 is 1.00 bits per heavy atom. The largest absolute Gasteiger partial charge is 0.513 e. The lowest BCUT2D eigenvalue weighted by molar-refractivity contribution is -0.156. The van der Waals surface area contributed by atoms with Crippen molar-refractivity contribution in [2.45, 2.75) is 13.3 Å². The van der Waals surface area contributed by atoms with E-state index < -0.39 is 30.2 Å². The van der Waals surface area contributed by atoms with Crippen LogP contribution in [0, 0.1) is 5.92 Å². The van der Waals surface area contributed by atoms with Crippen LogP contribution in [-0.2, 0) is 19.1 Å². The van der Waals surface area contributed by atoms with Gasteiger partial charge in [-0.15, -0.1) is 0 Å². The van der Waals surface area contributed by atoms with Crippen LogP contribution in [0.1, 0.15) is 13.3 Å². The summed E-state index contributed by atoms with van der Waals surface area (Å²) in [6.45, 7) is 1.37. The Labute approximate surface area is 83.4 Å². The second kappa shape index (κ2) is 5.58. The number of esters is 2. The molecule has 2 N–H and O–H groups in total. The van der Waals surface area contributed by atoms with Crippen LogP contribution in [0.15, 0.2) is 0 Å². The van der Waals surface area contributed by atoms with Gasteiger partial charge < -0.3 is 19.7 Å². The number of hydrogen-bond donors (Lipinski definition) is 2. The zero-order valence-corrected chi connectivity index (χ0v) is 7.63. The molecular weight excluding hydrogens is 212 g/mol. The minimum Gasteiger partial charge on any atom is -0.449 e. The Kier molecular flexibility index (Phi) is 4.79. The van der Waals surface area contributed by atoms with E-state index in [4.69, 9.17) is 10.2 Å². The second-order valence-corrected chi connectivity index (χ2v) is 2.33. The lowest BCUT2D eigenvalue weighted by Gasteiger charge is -2.08. The van der Waals surface area contributed by atoms with Gasteiger partial charge in [0.15, 0.2) is 5.92 Å². The fourth-order valence-corrected chi connectivity index (χ4v) is 0.744. The topological polar surface area (TPSA) is 127 Å². The standard InChI is InChI=1S/C7H8O8/c1-2-3(4(8)14-6(10)11)5(9)15-7(12)13/h3H,2H2,1H3,(H,10,11)(H,12,13). The van der Waals surface area contributed by atoms with Gasteiger partial charge in [0.25, 0.3) is 0 Å². The van der Waals surface area contributed by atoms with Crippen LogP contribution in [0.3, 0.4) is 0 Å². The molecule has 0 rings (SSSR count). The monoisotopic (exact) mass is 220 g/mol. The molecule has 0 fully saturated rings. The van der Waals surface area contributed by atoms with Crippen LogP contribution in [0.2, 0.25) is 0 Å². The minimum atomic E-state index is -1.87. The maximum absolute atomic E-state index is 10.9. The number of hydrogen-bond acceptors (Lipinski definition) is 6. The number of carbonyl (C=O) groups excluding carboxylic acids is 2. The molecule has 0 bridgehead atoms. The van der Waals surface area contributed by atoms with Gasteiger partial charge in [-0.3, -0.25) is 9.59 Å². The van der Waals surface area contributed by atoms with E-state index >= 15 is 0 Å². The van der Waals surface area contributed by atoms with Crippen molar-refractivity contribution >= 4 is 24.2 Å². The van der Waals surface area contributed by atoms with E-state index in [1.807, 2.05) is 0 Å². The van der Waals surface area contributed by atoms with E-state index in [9.17, 15) is 19.2 Å². The molecule has 84 valence electrons. The number of ether oxygens (including phenoxy) is 2. The molecule has 0 spiro atoms. The van der Waals surface area contributed by atoms with Crippen molar-refractivity contribution in [2.24, 2.45) is 5.92 Å². The molecule has 0 aliphatic rings. The summed E-state index contributed by atoms with van der Waals surface area (Å²) in [6, 6.07) is 0. The third kappa shape index (κ3) is 4.60. The highest BCUT2D eigenvalue weighted by Gasteiger charge is 2.31. The molecular formula is C7H8O8. The number of carboxylic acid groups (broad SMARTS) is 2. The first-order chi connectivity index (χ1) is 6.88. The molecule has 8 heteroatoms. The lowest BCUT2D eigenvalue weighted by atomic mass is 10.1. The minimum absolute atomic E-state index is 0.127. The van der Waals surface area contributed by atoms with E-state index in [1.165, 1.54) is 6.92 Å². The Morgan fingerprint density at radius 2 is 1.33 bits per heavy atom. The zero-order valence-electron chi connectivity index (χ0n) is 7.63. The molecule has 0 saturated heterocycles. The van der Waals surface area contributed by atoms with E-state index in [1.54, 1.807) is 0 Å². The van der Waals surface area contributed by atoms with Crippen molar-refractivity contribution in [3.63, 3.8) is 0 Å². The summed E-state index contributed by atoms with van der Waals surface area (Å²) >= 11 is 0. The SMILES string of the molecule is CCC(C(=O)OC(=O)O)C(=O)OC(=O)O. The van der Waals surface area contributed by atoms with Crippen LogP contribution in [0.5, 0.6) is 0 Å². The first kappa shape index (κ1) is 12.9. The predicted molar refractivity (Wildman–Crippen MR) is 42.0 cm³/mol. The average molecular weight is 220 g/mol. The van der Waals surface area contributed by atoms with Crippen molar-refractivity contribution in [1.82, 2.24) is 0 Å². The maximum Gasteiger partial charge on any atom is 0.513 e. The van der Waals surface area contributed by atoms with Gasteiger partial charge in [0.1, 0.15) is 0 Å². The molecule has 15 heavy (non-hydrogen) atoms. The summed E-state index contributed by atoms with van der Waals surface area (Å²) in [6.07, 6.45) is -3.87. The molecule has 0 unspecified atom stereocenters. The van der Waals surface area contributed by atoms with Crippen LogP contribution in [0.25, 0.3) is 0 Å². The smallest absolute Gasteiger partial charge is 0.449 e. The van der Waals surface area contributed by atoms with Gasteiger partial charge in [0.2, 0.25) is 0 Å². The summed E-state index contributed by atoms with van der Waals surface area (Å²) in [5, 5.41) is 16.2. The average Bonchev–Trinajstić information content (AvgIpc) is 2.01. The van der Waals surface area contributed by atoms with Crippen molar-refractivity contribution in [3.05, 3.63) is 0 Å². The fourth-order valence-electron chi connectivity index (χ4n) is 0.744. The Morgan fingerprint density at radius 3 is 1.53 bits per heavy atom. The third-order valence-corrected chi connectivity index (χ3v) is 1.35. The van der Waals surface area contributed by atoms with Crippen molar-refractivity contribution in [3.8, 4) is 0 Å². The molecule has 0 aromatic carbocycles. The quantitative estimate of drug-likeness (QED) is 0.518. The van der Waals surface area contributed by atoms with Crippen LogP contribution in [-0.4, -0.2) is 34.5 Å². The molecule has 0 amide bonds. The second-order valence-electron chi connectivity index (χ2n) is 2.33. The number of rotatable bonds is 3. The highest BCUT2D eigenvalue weighted by Crippen LogP contribution is 2.08. The predicted octanol–water partition coefficient (Wildman–Crippen LogP) is 0.455. The maximum atomic E-state index is 10.9. The van der Waals surface area contributed by atoms with Crippen LogP contribution < -0.4 is 0 Å². The summed E-state index contributed by atoms with van der Waals surface area (Å²) in [5.41, 5.74) is 0. The Bertz CT molecular complexity index is 265. The zero-order chi connectivity index (χ0) is 12.0. The van der Waals surface area contributed by atoms with Gasteiger partial charge in [-0.1, -0.05) is 6.92 Å². The summed E-state index contributed by atoms with van der Waals surface area (Å²) in [4.78, 5) is 41.7. The summed E-state index contributed by atoms with van der Waals surface area (Å²) in [7, 11) is 0. The first-order valence-electron chi connectivity index (χ1n) is 3.77. The van der Waals surface area contributed by atoms with Crippen LogP contribution in [0.4, 0.5) is 9.59 Å². The highest BCUT2D eigenvalue weighted by molar-refractivity contribution is 6.00. The molecule has 0 aliphatic carbocycles. The molecule has 0 aromatic rings. The van der Waals surface area contributed by atoms with Gasteiger partial charge in [0.05, 0.1) is 0 Å². The summed E-state index contributed by atoms with van der Waals surface area (Å²) in [5.74, 6) is -4.29. The van der Waals surface area contributed by atoms with Crippen molar-refractivity contribution in [2.75, 3.05) is 0 Å². The van der Waals surface area contributed by atoms with Gasteiger partial charge >= 0.3 is 24.2 Å². The third-order valence-electron chi connectivity index (χ3n) is 1.35. The highest BCUT2D eigenvalue weighted by atomic mass is 16.7. The van der Waals surface area contributed by atoms with Crippen LogP contribution >= 0.6 is 0 Å².